The molecule has 3 rings (SSSR count). The lowest BCUT2D eigenvalue weighted by Gasteiger charge is -2.30. The Morgan fingerprint density at radius 1 is 1.03 bits per heavy atom. The van der Waals surface area contributed by atoms with Gasteiger partial charge in [0.2, 0.25) is 10.0 Å². The topological polar surface area (TPSA) is 82.1 Å². The molecule has 7 nitrogen and oxygen atoms in total. The summed E-state index contributed by atoms with van der Waals surface area (Å²) in [5.41, 5.74) is 1.87. The molecule has 162 valence electrons. The molecule has 0 radical (unpaired) electrons. The van der Waals surface area contributed by atoms with E-state index < -0.39 is 10.0 Å². The monoisotopic (exact) mass is 433 g/mol. The third-order valence-electron chi connectivity index (χ3n) is 5.29. The van der Waals surface area contributed by atoms with Crippen molar-refractivity contribution in [2.45, 2.75) is 31.3 Å². The van der Waals surface area contributed by atoms with E-state index in [9.17, 15) is 13.2 Å². The largest absolute Gasteiger partial charge is 0.497 e. The quantitative estimate of drug-likeness (QED) is 0.624. The summed E-state index contributed by atoms with van der Waals surface area (Å²) < 4.78 is 43.0. The molecule has 0 bridgehead atoms. The van der Waals surface area contributed by atoms with Crippen molar-refractivity contribution in [2.75, 3.05) is 27.3 Å². The number of rotatable bonds is 7. The normalized spacial score (nSPS) is 15.6. The van der Waals surface area contributed by atoms with Gasteiger partial charge in [0.05, 0.1) is 25.0 Å². The van der Waals surface area contributed by atoms with E-state index in [-0.39, 0.29) is 36.5 Å². The molecule has 0 atom stereocenters. The molecule has 8 heteroatoms. The van der Waals surface area contributed by atoms with Crippen LogP contribution in [-0.2, 0) is 26.2 Å². The summed E-state index contributed by atoms with van der Waals surface area (Å²) in [6.07, 6.45) is 0.859. The van der Waals surface area contributed by atoms with E-state index in [1.54, 1.807) is 19.2 Å². The molecular formula is C22H27NO6S. The van der Waals surface area contributed by atoms with Crippen molar-refractivity contribution in [2.24, 2.45) is 5.92 Å². The van der Waals surface area contributed by atoms with Crippen molar-refractivity contribution in [3.63, 3.8) is 0 Å². The number of carbonyl (C=O) groups excluding carboxylic acids is 1. The van der Waals surface area contributed by atoms with Gasteiger partial charge >= 0.3 is 5.97 Å². The lowest BCUT2D eigenvalue weighted by atomic mass is 9.98. The number of piperidine rings is 1. The van der Waals surface area contributed by atoms with E-state index >= 15 is 0 Å². The van der Waals surface area contributed by atoms with Crippen molar-refractivity contribution in [3.05, 3.63) is 53.6 Å². The molecule has 0 aromatic heterocycles. The first-order valence-electron chi connectivity index (χ1n) is 9.79. The van der Waals surface area contributed by atoms with Gasteiger partial charge in [-0.05, 0) is 56.2 Å². The average Bonchev–Trinajstić information content (AvgIpc) is 2.77. The first kappa shape index (κ1) is 22.1. The second kappa shape index (κ2) is 9.49. The molecule has 0 saturated carbocycles. The van der Waals surface area contributed by atoms with Crippen LogP contribution in [-0.4, -0.2) is 46.0 Å². The molecule has 0 aliphatic carbocycles. The standard InChI is InChI=1S/C22H27NO6S/c1-16-4-9-21(28-3)18(14-16)15-29-22(24)17-10-12-23(13-11-17)30(25,26)20-7-5-19(27-2)6-8-20/h4-9,14,17H,10-13,15H2,1-3H3. The van der Waals surface area contributed by atoms with E-state index in [1.165, 1.54) is 23.5 Å². The molecule has 2 aromatic carbocycles. The summed E-state index contributed by atoms with van der Waals surface area (Å²) >= 11 is 0. The number of ether oxygens (including phenoxy) is 3. The smallest absolute Gasteiger partial charge is 0.309 e. The molecule has 2 aromatic rings. The summed E-state index contributed by atoms with van der Waals surface area (Å²) in [6.45, 7) is 2.65. The highest BCUT2D eigenvalue weighted by Crippen LogP contribution is 2.27. The first-order valence-corrected chi connectivity index (χ1v) is 11.2. The van der Waals surface area contributed by atoms with Crippen molar-refractivity contribution in [1.82, 2.24) is 4.31 Å². The van der Waals surface area contributed by atoms with Crippen LogP contribution in [0, 0.1) is 12.8 Å². The molecule has 0 unspecified atom stereocenters. The third-order valence-corrected chi connectivity index (χ3v) is 7.20. The van der Waals surface area contributed by atoms with Gasteiger partial charge in [0.15, 0.2) is 0 Å². The number of sulfonamides is 1. The molecule has 1 saturated heterocycles. The predicted octanol–water partition coefficient (Wildman–Crippen LogP) is 3.16. The van der Waals surface area contributed by atoms with Crippen molar-refractivity contribution in [1.29, 1.82) is 0 Å². The Balaban J connectivity index is 1.57. The second-order valence-corrected chi connectivity index (χ2v) is 9.21. The predicted molar refractivity (Wildman–Crippen MR) is 112 cm³/mol. The molecule has 1 aliphatic rings. The van der Waals surface area contributed by atoms with Gasteiger partial charge in [-0.15, -0.1) is 0 Å². The number of nitrogens with zero attached hydrogens (tertiary/aromatic N) is 1. The number of methoxy groups -OCH3 is 2. The second-order valence-electron chi connectivity index (χ2n) is 7.28. The van der Waals surface area contributed by atoms with Gasteiger partial charge in [-0.3, -0.25) is 4.79 Å². The zero-order valence-electron chi connectivity index (χ0n) is 17.5. The molecule has 0 spiro atoms. The van der Waals surface area contributed by atoms with Crippen molar-refractivity contribution in [3.8, 4) is 11.5 Å². The van der Waals surface area contributed by atoms with Gasteiger partial charge < -0.3 is 14.2 Å². The van der Waals surface area contributed by atoms with Crippen molar-refractivity contribution >= 4 is 16.0 Å². The fourth-order valence-electron chi connectivity index (χ4n) is 3.52. The van der Waals surface area contributed by atoms with Crippen LogP contribution in [0.5, 0.6) is 11.5 Å². The fourth-order valence-corrected chi connectivity index (χ4v) is 4.99. The molecule has 1 fully saturated rings. The summed E-state index contributed by atoms with van der Waals surface area (Å²) in [7, 11) is -0.488. The number of carbonyl (C=O) groups is 1. The van der Waals surface area contributed by atoms with E-state index in [1.807, 2.05) is 25.1 Å². The van der Waals surface area contributed by atoms with Crippen LogP contribution in [0.25, 0.3) is 0 Å². The summed E-state index contributed by atoms with van der Waals surface area (Å²) in [5.74, 6) is 0.651. The Labute approximate surface area is 177 Å². The molecule has 1 aliphatic heterocycles. The van der Waals surface area contributed by atoms with Gasteiger partial charge in [0.1, 0.15) is 18.1 Å². The number of hydrogen-bond acceptors (Lipinski definition) is 6. The number of hydrogen-bond donors (Lipinski definition) is 0. The minimum atomic E-state index is -3.60. The van der Waals surface area contributed by atoms with Crippen LogP contribution in [0.15, 0.2) is 47.4 Å². The Morgan fingerprint density at radius 3 is 2.30 bits per heavy atom. The third kappa shape index (κ3) is 4.94. The van der Waals surface area contributed by atoms with E-state index in [4.69, 9.17) is 14.2 Å². The fraction of sp³-hybridized carbons (Fsp3) is 0.409. The van der Waals surface area contributed by atoms with Gasteiger partial charge in [-0.25, -0.2) is 8.42 Å². The number of esters is 1. The Kier molecular flexibility index (Phi) is 6.99. The Hall–Kier alpha value is -2.58. The lowest BCUT2D eigenvalue weighted by Crippen LogP contribution is -2.40. The van der Waals surface area contributed by atoms with Crippen LogP contribution in [0.1, 0.15) is 24.0 Å². The maximum Gasteiger partial charge on any atom is 0.309 e. The van der Waals surface area contributed by atoms with Crippen LogP contribution in [0.4, 0.5) is 0 Å². The van der Waals surface area contributed by atoms with E-state index in [2.05, 4.69) is 0 Å². The highest BCUT2D eigenvalue weighted by Gasteiger charge is 2.32. The summed E-state index contributed by atoms with van der Waals surface area (Å²) in [4.78, 5) is 12.7. The average molecular weight is 434 g/mol. The minimum Gasteiger partial charge on any atom is -0.497 e. The maximum absolute atomic E-state index is 12.8. The van der Waals surface area contributed by atoms with Crippen LogP contribution >= 0.6 is 0 Å². The molecule has 0 amide bonds. The first-order chi connectivity index (χ1) is 14.3. The maximum atomic E-state index is 12.8. The SMILES string of the molecule is COc1ccc(S(=O)(=O)N2CCC(C(=O)OCc3cc(C)ccc3OC)CC2)cc1. The van der Waals surface area contributed by atoms with E-state index in [0.717, 1.165) is 11.1 Å². The van der Waals surface area contributed by atoms with Gasteiger partial charge in [-0.2, -0.15) is 4.31 Å². The molecular weight excluding hydrogens is 406 g/mol. The summed E-state index contributed by atoms with van der Waals surface area (Å²) in [6, 6.07) is 12.0. The zero-order valence-corrected chi connectivity index (χ0v) is 18.3. The molecule has 1 heterocycles. The van der Waals surface area contributed by atoms with Crippen LogP contribution in [0.2, 0.25) is 0 Å². The van der Waals surface area contributed by atoms with Gasteiger partial charge in [0.25, 0.3) is 0 Å². The highest BCUT2D eigenvalue weighted by atomic mass is 32.2. The van der Waals surface area contributed by atoms with Crippen LogP contribution < -0.4 is 9.47 Å². The highest BCUT2D eigenvalue weighted by molar-refractivity contribution is 7.89. The van der Waals surface area contributed by atoms with Gasteiger partial charge in [-0.1, -0.05) is 11.6 Å². The van der Waals surface area contributed by atoms with Gasteiger partial charge in [0, 0.05) is 18.7 Å². The molecule has 0 N–H and O–H groups in total. The Bertz CT molecular complexity index is 979. The van der Waals surface area contributed by atoms with E-state index in [0.29, 0.717) is 24.3 Å². The Morgan fingerprint density at radius 2 is 1.70 bits per heavy atom. The summed E-state index contributed by atoms with van der Waals surface area (Å²) in [5, 5.41) is 0. The van der Waals surface area contributed by atoms with Crippen molar-refractivity contribution < 1.29 is 27.4 Å². The molecule has 30 heavy (non-hydrogen) atoms. The number of aryl methyl sites for hydroxylation is 1. The van der Waals surface area contributed by atoms with Crippen LogP contribution in [0.3, 0.4) is 0 Å². The number of benzene rings is 2. The lowest BCUT2D eigenvalue weighted by molar-refractivity contribution is -0.151. The zero-order chi connectivity index (χ0) is 21.7. The minimum absolute atomic E-state index is 0.133.